The minimum atomic E-state index is -0.295. The molecular weight excluding hydrogens is 320 g/mol. The predicted octanol–water partition coefficient (Wildman–Crippen LogP) is 2.10. The molecule has 134 valence electrons. The van der Waals surface area contributed by atoms with Crippen molar-refractivity contribution in [2.24, 2.45) is 0 Å². The van der Waals surface area contributed by atoms with Crippen LogP contribution in [0, 0.1) is 6.92 Å². The SMILES string of the molecule is CCOC(=O)N1CCCN(C(=O)Cc2ccc3nc(C)[nH]c3c2)CC1. The van der Waals surface area contributed by atoms with Crippen molar-refractivity contribution in [3.63, 3.8) is 0 Å². The third kappa shape index (κ3) is 4.10. The van der Waals surface area contributed by atoms with Crippen LogP contribution in [0.25, 0.3) is 11.0 Å². The Morgan fingerprint density at radius 2 is 1.96 bits per heavy atom. The van der Waals surface area contributed by atoms with E-state index >= 15 is 0 Å². The van der Waals surface area contributed by atoms with Crippen LogP contribution in [0.15, 0.2) is 18.2 Å². The molecule has 0 unspecified atom stereocenters. The van der Waals surface area contributed by atoms with Crippen molar-refractivity contribution in [3.8, 4) is 0 Å². The number of carbonyl (C=O) groups is 2. The number of rotatable bonds is 3. The van der Waals surface area contributed by atoms with E-state index < -0.39 is 0 Å². The number of nitrogens with one attached hydrogen (secondary N) is 1. The predicted molar refractivity (Wildman–Crippen MR) is 94.3 cm³/mol. The number of aryl methyl sites for hydroxylation is 1. The molecule has 7 nitrogen and oxygen atoms in total. The second-order valence-corrected chi connectivity index (χ2v) is 6.27. The van der Waals surface area contributed by atoms with Gasteiger partial charge in [-0.1, -0.05) is 6.07 Å². The zero-order valence-electron chi connectivity index (χ0n) is 14.7. The summed E-state index contributed by atoms with van der Waals surface area (Å²) in [6.07, 6.45) is 0.827. The highest BCUT2D eigenvalue weighted by molar-refractivity contribution is 5.82. The van der Waals surface area contributed by atoms with Crippen molar-refractivity contribution in [1.82, 2.24) is 19.8 Å². The first-order valence-corrected chi connectivity index (χ1v) is 8.71. The van der Waals surface area contributed by atoms with E-state index in [9.17, 15) is 9.59 Å². The number of ether oxygens (including phenoxy) is 1. The van der Waals surface area contributed by atoms with Gasteiger partial charge in [-0.2, -0.15) is 0 Å². The monoisotopic (exact) mass is 344 g/mol. The van der Waals surface area contributed by atoms with E-state index in [1.165, 1.54) is 0 Å². The van der Waals surface area contributed by atoms with E-state index in [0.717, 1.165) is 28.8 Å². The van der Waals surface area contributed by atoms with Gasteiger partial charge in [0.15, 0.2) is 0 Å². The smallest absolute Gasteiger partial charge is 0.409 e. The van der Waals surface area contributed by atoms with E-state index in [0.29, 0.717) is 39.2 Å². The number of H-pyrrole nitrogens is 1. The number of benzene rings is 1. The fraction of sp³-hybridized carbons (Fsp3) is 0.500. The molecule has 0 aliphatic carbocycles. The average Bonchev–Trinajstić information content (AvgIpc) is 2.79. The van der Waals surface area contributed by atoms with Crippen molar-refractivity contribution < 1.29 is 14.3 Å². The van der Waals surface area contributed by atoms with Crippen LogP contribution in [0.5, 0.6) is 0 Å². The Hall–Kier alpha value is -2.57. The lowest BCUT2D eigenvalue weighted by atomic mass is 10.1. The van der Waals surface area contributed by atoms with Crippen LogP contribution < -0.4 is 0 Å². The van der Waals surface area contributed by atoms with Crippen LogP contribution in [0.3, 0.4) is 0 Å². The number of nitrogens with zero attached hydrogens (tertiary/aromatic N) is 3. The molecule has 2 heterocycles. The van der Waals surface area contributed by atoms with Crippen LogP contribution in [-0.2, 0) is 16.0 Å². The maximum atomic E-state index is 12.6. The van der Waals surface area contributed by atoms with Gasteiger partial charge in [0, 0.05) is 26.2 Å². The molecule has 1 fully saturated rings. The number of hydrogen-bond donors (Lipinski definition) is 1. The van der Waals surface area contributed by atoms with Crippen LogP contribution in [0.4, 0.5) is 4.79 Å². The van der Waals surface area contributed by atoms with Crippen LogP contribution in [0.2, 0.25) is 0 Å². The van der Waals surface area contributed by atoms with Gasteiger partial charge in [0.05, 0.1) is 24.1 Å². The number of aromatic amines is 1. The number of imidazole rings is 1. The molecule has 1 aliphatic rings. The van der Waals surface area contributed by atoms with Crippen molar-refractivity contribution in [3.05, 3.63) is 29.6 Å². The average molecular weight is 344 g/mol. The summed E-state index contributed by atoms with van der Waals surface area (Å²) in [4.78, 5) is 35.5. The Morgan fingerprint density at radius 3 is 2.76 bits per heavy atom. The normalized spacial score (nSPS) is 15.3. The molecule has 2 amide bonds. The lowest BCUT2D eigenvalue weighted by Gasteiger charge is -2.21. The van der Waals surface area contributed by atoms with E-state index in [-0.39, 0.29) is 12.0 Å². The first-order chi connectivity index (χ1) is 12.1. The maximum Gasteiger partial charge on any atom is 0.409 e. The molecular formula is C18H24N4O3. The lowest BCUT2D eigenvalue weighted by Crippen LogP contribution is -2.38. The number of aromatic nitrogens is 2. The second-order valence-electron chi connectivity index (χ2n) is 6.27. The highest BCUT2D eigenvalue weighted by Gasteiger charge is 2.22. The molecule has 0 spiro atoms. The van der Waals surface area contributed by atoms with Gasteiger partial charge < -0.3 is 19.5 Å². The van der Waals surface area contributed by atoms with E-state index in [1.807, 2.05) is 30.0 Å². The molecule has 1 aliphatic heterocycles. The molecule has 1 aromatic carbocycles. The van der Waals surface area contributed by atoms with Crippen LogP contribution >= 0.6 is 0 Å². The lowest BCUT2D eigenvalue weighted by molar-refractivity contribution is -0.130. The Balaban J connectivity index is 1.61. The first kappa shape index (κ1) is 17.3. The van der Waals surface area contributed by atoms with Gasteiger partial charge in [-0.05, 0) is 38.0 Å². The Kier molecular flexibility index (Phi) is 5.21. The van der Waals surface area contributed by atoms with Crippen molar-refractivity contribution in [1.29, 1.82) is 0 Å². The van der Waals surface area contributed by atoms with E-state index in [1.54, 1.807) is 11.8 Å². The summed E-state index contributed by atoms with van der Waals surface area (Å²) >= 11 is 0. The third-order valence-corrected chi connectivity index (χ3v) is 4.39. The molecule has 3 rings (SSSR count). The quantitative estimate of drug-likeness (QED) is 0.925. The molecule has 1 aromatic heterocycles. The summed E-state index contributed by atoms with van der Waals surface area (Å²) in [7, 11) is 0. The van der Waals surface area contributed by atoms with Crippen molar-refractivity contribution in [2.75, 3.05) is 32.8 Å². The maximum absolute atomic E-state index is 12.6. The van der Waals surface area contributed by atoms with Crippen LogP contribution in [0.1, 0.15) is 24.7 Å². The van der Waals surface area contributed by atoms with Gasteiger partial charge >= 0.3 is 6.09 Å². The zero-order valence-corrected chi connectivity index (χ0v) is 14.7. The van der Waals surface area contributed by atoms with E-state index in [4.69, 9.17) is 4.74 Å². The van der Waals surface area contributed by atoms with Crippen molar-refractivity contribution >= 4 is 23.0 Å². The number of hydrogen-bond acceptors (Lipinski definition) is 4. The number of carbonyl (C=O) groups excluding carboxylic acids is 2. The Labute approximate surface area is 147 Å². The molecule has 0 saturated carbocycles. The molecule has 7 heteroatoms. The highest BCUT2D eigenvalue weighted by atomic mass is 16.6. The summed E-state index contributed by atoms with van der Waals surface area (Å²) in [6.45, 7) is 6.43. The topological polar surface area (TPSA) is 78.5 Å². The Morgan fingerprint density at radius 1 is 1.20 bits per heavy atom. The Bertz CT molecular complexity index is 771. The largest absolute Gasteiger partial charge is 0.450 e. The summed E-state index contributed by atoms with van der Waals surface area (Å²) < 4.78 is 5.05. The fourth-order valence-corrected chi connectivity index (χ4v) is 3.14. The molecule has 25 heavy (non-hydrogen) atoms. The summed E-state index contributed by atoms with van der Waals surface area (Å²) in [5.41, 5.74) is 2.83. The minimum absolute atomic E-state index is 0.0845. The van der Waals surface area contributed by atoms with Gasteiger partial charge in [-0.3, -0.25) is 4.79 Å². The minimum Gasteiger partial charge on any atom is -0.450 e. The second kappa shape index (κ2) is 7.55. The highest BCUT2D eigenvalue weighted by Crippen LogP contribution is 2.15. The molecule has 1 saturated heterocycles. The standard InChI is InChI=1S/C18H24N4O3/c1-3-25-18(24)22-8-4-7-21(9-10-22)17(23)12-14-5-6-15-16(11-14)20-13(2)19-15/h5-6,11H,3-4,7-10,12H2,1-2H3,(H,19,20). The summed E-state index contributed by atoms with van der Waals surface area (Å²) in [5.74, 6) is 0.950. The van der Waals surface area contributed by atoms with Crippen molar-refractivity contribution in [2.45, 2.75) is 26.7 Å². The summed E-state index contributed by atoms with van der Waals surface area (Å²) in [6, 6.07) is 5.87. The summed E-state index contributed by atoms with van der Waals surface area (Å²) in [5, 5.41) is 0. The fourth-order valence-electron chi connectivity index (χ4n) is 3.14. The van der Waals surface area contributed by atoms with Gasteiger partial charge in [0.25, 0.3) is 0 Å². The van der Waals surface area contributed by atoms with Gasteiger partial charge in [0.2, 0.25) is 5.91 Å². The van der Waals surface area contributed by atoms with Crippen LogP contribution in [-0.4, -0.2) is 64.6 Å². The van der Waals surface area contributed by atoms with Gasteiger partial charge in [-0.25, -0.2) is 9.78 Å². The van der Waals surface area contributed by atoms with E-state index in [2.05, 4.69) is 9.97 Å². The zero-order chi connectivity index (χ0) is 17.8. The van der Waals surface area contributed by atoms with Gasteiger partial charge in [0.1, 0.15) is 5.82 Å². The first-order valence-electron chi connectivity index (χ1n) is 8.71. The molecule has 1 N–H and O–H groups in total. The molecule has 0 radical (unpaired) electrons. The number of amides is 2. The number of fused-ring (bicyclic) bond motifs is 1. The molecule has 0 bridgehead atoms. The third-order valence-electron chi connectivity index (χ3n) is 4.39. The van der Waals surface area contributed by atoms with Gasteiger partial charge in [-0.15, -0.1) is 0 Å². The molecule has 2 aromatic rings. The molecule has 0 atom stereocenters.